The Labute approximate surface area is 186 Å². The number of imidazole rings is 1. The molecule has 0 bridgehead atoms. The van der Waals surface area contributed by atoms with E-state index in [1.807, 2.05) is 30.3 Å². The van der Waals surface area contributed by atoms with E-state index >= 15 is 0 Å². The lowest BCUT2D eigenvalue weighted by Gasteiger charge is -2.22. The molecule has 0 saturated heterocycles. The van der Waals surface area contributed by atoms with Gasteiger partial charge in [-0.15, -0.1) is 5.06 Å². The van der Waals surface area contributed by atoms with E-state index in [1.165, 1.54) is 18.2 Å². The van der Waals surface area contributed by atoms with Crippen molar-refractivity contribution in [1.82, 2.24) is 15.0 Å². The molecule has 1 N–H and O–H groups in total. The first-order chi connectivity index (χ1) is 15.8. The number of H-pyrrole nitrogens is 1. The van der Waals surface area contributed by atoms with Crippen molar-refractivity contribution in [1.29, 1.82) is 0 Å². The lowest BCUT2D eigenvalue weighted by molar-refractivity contribution is -0.240. The second-order valence-electron chi connectivity index (χ2n) is 7.45. The number of hydroxylamine groups is 2. The summed E-state index contributed by atoms with van der Waals surface area (Å²) in [6, 6.07) is 18.7. The molecule has 0 radical (unpaired) electrons. The molecule has 0 atom stereocenters. The first-order valence-corrected chi connectivity index (χ1v) is 10.1. The fourth-order valence-electron chi connectivity index (χ4n) is 3.39. The first kappa shape index (κ1) is 22.5. The highest BCUT2D eigenvalue weighted by Crippen LogP contribution is 2.24. The van der Waals surface area contributed by atoms with Gasteiger partial charge in [0.15, 0.2) is 0 Å². The predicted molar refractivity (Wildman–Crippen MR) is 114 cm³/mol. The quantitative estimate of drug-likeness (QED) is 0.297. The number of benzene rings is 3. The summed E-state index contributed by atoms with van der Waals surface area (Å²) in [5.41, 5.74) is 4.82. The van der Waals surface area contributed by atoms with Crippen LogP contribution in [0.25, 0.3) is 22.2 Å². The van der Waals surface area contributed by atoms with Crippen molar-refractivity contribution in [3.63, 3.8) is 0 Å². The predicted octanol–water partition coefficient (Wildman–Crippen LogP) is 5.43. The molecular formula is C24H19F4N3O2. The van der Waals surface area contributed by atoms with Crippen LogP contribution < -0.4 is 0 Å². The van der Waals surface area contributed by atoms with Crippen LogP contribution >= 0.6 is 0 Å². The van der Waals surface area contributed by atoms with Crippen molar-refractivity contribution in [2.24, 2.45) is 0 Å². The number of fused-ring (bicyclic) bond motifs is 1. The fraction of sp³-hybridized carbons (Fsp3) is 0.167. The third-order valence-corrected chi connectivity index (χ3v) is 5.05. The summed E-state index contributed by atoms with van der Waals surface area (Å²) in [5, 5.41) is 0.937. The summed E-state index contributed by atoms with van der Waals surface area (Å²) < 4.78 is 51.6. The molecule has 9 heteroatoms. The average Bonchev–Trinajstić information content (AvgIpc) is 3.25. The van der Waals surface area contributed by atoms with Gasteiger partial charge in [-0.05, 0) is 52.9 Å². The second kappa shape index (κ2) is 9.41. The molecule has 0 spiro atoms. The van der Waals surface area contributed by atoms with Crippen LogP contribution in [0.3, 0.4) is 0 Å². The van der Waals surface area contributed by atoms with Crippen molar-refractivity contribution in [3.8, 4) is 11.1 Å². The van der Waals surface area contributed by atoms with Crippen molar-refractivity contribution in [2.45, 2.75) is 19.1 Å². The normalized spacial score (nSPS) is 11.8. The SMILES string of the molecule is O=C(ON(CCc1cccc(F)c1)Cc1ccc(-c2ccc3nc[nH]c3c2)cc1)C(F)(F)F. The standard InChI is InChI=1S/C24H19F4N3O2/c25-20-3-1-2-16(12-20)10-11-31(33-23(32)24(26,27)28)14-17-4-6-18(7-5-17)19-8-9-21-22(13-19)30-15-29-21/h1-9,12-13,15H,10-11,14H2,(H,29,30). The highest BCUT2D eigenvalue weighted by molar-refractivity contribution is 5.81. The Morgan fingerprint density at radius 2 is 1.73 bits per heavy atom. The van der Waals surface area contributed by atoms with Gasteiger partial charge in [-0.2, -0.15) is 13.2 Å². The van der Waals surface area contributed by atoms with Crippen LogP contribution in [-0.2, 0) is 22.6 Å². The number of halogens is 4. The van der Waals surface area contributed by atoms with Crippen LogP contribution in [0.1, 0.15) is 11.1 Å². The number of rotatable bonds is 7. The summed E-state index contributed by atoms with van der Waals surface area (Å²) in [5.74, 6) is -2.75. The van der Waals surface area contributed by atoms with E-state index in [1.54, 1.807) is 24.5 Å². The summed E-state index contributed by atoms with van der Waals surface area (Å²) in [6.45, 7) is -0.0967. The van der Waals surface area contributed by atoms with Gasteiger partial charge < -0.3 is 9.82 Å². The lowest BCUT2D eigenvalue weighted by atomic mass is 10.0. The summed E-state index contributed by atoms with van der Waals surface area (Å²) >= 11 is 0. The second-order valence-corrected chi connectivity index (χ2v) is 7.45. The Kier molecular flexibility index (Phi) is 6.41. The van der Waals surface area contributed by atoms with Gasteiger partial charge in [0.1, 0.15) is 5.82 Å². The molecule has 0 fully saturated rings. The molecule has 3 aromatic carbocycles. The Morgan fingerprint density at radius 1 is 0.970 bits per heavy atom. The van der Waals surface area contributed by atoms with Gasteiger partial charge >= 0.3 is 12.1 Å². The van der Waals surface area contributed by atoms with Crippen LogP contribution in [0.2, 0.25) is 0 Å². The highest BCUT2D eigenvalue weighted by Gasteiger charge is 2.42. The van der Waals surface area contributed by atoms with Gasteiger partial charge in [0.05, 0.1) is 23.9 Å². The van der Waals surface area contributed by atoms with Gasteiger partial charge in [0, 0.05) is 6.54 Å². The summed E-state index contributed by atoms with van der Waals surface area (Å²) in [7, 11) is 0. The molecule has 0 aliphatic carbocycles. The van der Waals surface area contributed by atoms with E-state index in [0.29, 0.717) is 11.1 Å². The van der Waals surface area contributed by atoms with Crippen LogP contribution in [0.15, 0.2) is 73.1 Å². The van der Waals surface area contributed by atoms with Gasteiger partial charge in [0.2, 0.25) is 0 Å². The maximum Gasteiger partial charge on any atom is 0.492 e. The van der Waals surface area contributed by atoms with Crippen molar-refractivity contribution >= 4 is 17.0 Å². The van der Waals surface area contributed by atoms with Gasteiger partial charge in [-0.1, -0.05) is 42.5 Å². The lowest BCUT2D eigenvalue weighted by Crippen LogP contribution is -2.35. The highest BCUT2D eigenvalue weighted by atomic mass is 19.4. The maximum absolute atomic E-state index is 13.4. The number of hydrogen-bond acceptors (Lipinski definition) is 4. The third-order valence-electron chi connectivity index (χ3n) is 5.05. The molecule has 0 amide bonds. The summed E-state index contributed by atoms with van der Waals surface area (Å²) in [4.78, 5) is 23.2. The molecule has 0 unspecified atom stereocenters. The van der Waals surface area contributed by atoms with Crippen molar-refractivity contribution in [3.05, 3.63) is 90.0 Å². The Morgan fingerprint density at radius 3 is 2.45 bits per heavy atom. The number of aromatic nitrogens is 2. The van der Waals surface area contributed by atoms with Gasteiger partial charge in [-0.25, -0.2) is 14.2 Å². The van der Waals surface area contributed by atoms with E-state index < -0.39 is 18.0 Å². The number of carbonyl (C=O) groups excluding carboxylic acids is 1. The monoisotopic (exact) mass is 457 g/mol. The Bertz CT molecular complexity index is 1250. The van der Waals surface area contributed by atoms with Gasteiger partial charge in [-0.3, -0.25) is 0 Å². The number of alkyl halides is 3. The molecule has 0 aliphatic rings. The zero-order chi connectivity index (χ0) is 23.4. The molecular weight excluding hydrogens is 438 g/mol. The number of nitrogens with one attached hydrogen (secondary N) is 1. The first-order valence-electron chi connectivity index (χ1n) is 10.1. The Balaban J connectivity index is 1.48. The zero-order valence-electron chi connectivity index (χ0n) is 17.3. The van der Waals surface area contributed by atoms with Crippen molar-refractivity contribution in [2.75, 3.05) is 6.54 Å². The van der Waals surface area contributed by atoms with E-state index in [-0.39, 0.29) is 19.5 Å². The molecule has 170 valence electrons. The molecule has 33 heavy (non-hydrogen) atoms. The van der Waals surface area contributed by atoms with Crippen molar-refractivity contribution < 1.29 is 27.2 Å². The minimum atomic E-state index is -5.12. The van der Waals surface area contributed by atoms with Crippen LogP contribution in [0.5, 0.6) is 0 Å². The molecule has 4 aromatic rings. The van der Waals surface area contributed by atoms with E-state index in [0.717, 1.165) is 27.2 Å². The number of aromatic amines is 1. The number of nitrogens with zero attached hydrogens (tertiary/aromatic N) is 2. The molecule has 1 heterocycles. The van der Waals surface area contributed by atoms with Crippen LogP contribution in [0.4, 0.5) is 17.6 Å². The largest absolute Gasteiger partial charge is 0.492 e. The van der Waals surface area contributed by atoms with Crippen LogP contribution in [-0.4, -0.2) is 33.7 Å². The van der Waals surface area contributed by atoms with E-state index in [9.17, 15) is 22.4 Å². The van der Waals surface area contributed by atoms with Crippen LogP contribution in [0, 0.1) is 5.82 Å². The third kappa shape index (κ3) is 5.75. The minimum absolute atomic E-state index is 0.0382. The average molecular weight is 457 g/mol. The zero-order valence-corrected chi connectivity index (χ0v) is 17.3. The molecule has 4 rings (SSSR count). The van der Waals surface area contributed by atoms with E-state index in [2.05, 4.69) is 14.8 Å². The minimum Gasteiger partial charge on any atom is -0.360 e. The Hall–Kier alpha value is -3.72. The van der Waals surface area contributed by atoms with Gasteiger partial charge in [0.25, 0.3) is 0 Å². The number of carbonyl (C=O) groups is 1. The topological polar surface area (TPSA) is 58.2 Å². The maximum atomic E-state index is 13.4. The fourth-order valence-corrected chi connectivity index (χ4v) is 3.39. The molecule has 1 aromatic heterocycles. The smallest absolute Gasteiger partial charge is 0.360 e. The van der Waals surface area contributed by atoms with E-state index in [4.69, 9.17) is 0 Å². The molecule has 5 nitrogen and oxygen atoms in total. The molecule has 0 saturated carbocycles. The number of hydrogen-bond donors (Lipinski definition) is 1. The molecule has 0 aliphatic heterocycles. The summed E-state index contributed by atoms with van der Waals surface area (Å²) in [6.07, 6.45) is -3.31.